The lowest BCUT2D eigenvalue weighted by Gasteiger charge is -2.22. The second-order valence-corrected chi connectivity index (χ2v) is 9.32. The van der Waals surface area contributed by atoms with E-state index in [-0.39, 0.29) is 23.3 Å². The first-order valence-electron chi connectivity index (χ1n) is 9.35. The fourth-order valence-corrected chi connectivity index (χ4v) is 3.87. The number of anilines is 2. The highest BCUT2D eigenvalue weighted by molar-refractivity contribution is 7.89. The highest BCUT2D eigenvalue weighted by atomic mass is 32.2. The normalized spacial score (nSPS) is 11.3. The molecule has 0 unspecified atom stereocenters. The molecule has 0 fully saturated rings. The Labute approximate surface area is 178 Å². The summed E-state index contributed by atoms with van der Waals surface area (Å²) in [6.45, 7) is 1.48. The molecule has 2 amide bonds. The van der Waals surface area contributed by atoms with Gasteiger partial charge in [-0.1, -0.05) is 12.1 Å². The minimum atomic E-state index is -3.83. The van der Waals surface area contributed by atoms with Crippen molar-refractivity contribution in [3.05, 3.63) is 54.1 Å². The average molecular weight is 433 g/mol. The molecule has 0 aliphatic heterocycles. The SMILES string of the molecule is CC(=O)Nc1ccc(S(=O)(=O)N(C)CC(=O)N(C)Cc2ccc(N(C)C)cc2)cc1. The van der Waals surface area contributed by atoms with E-state index in [2.05, 4.69) is 5.32 Å². The van der Waals surface area contributed by atoms with Gasteiger partial charge in [-0.15, -0.1) is 0 Å². The first kappa shape index (κ1) is 23.4. The first-order valence-corrected chi connectivity index (χ1v) is 10.8. The van der Waals surface area contributed by atoms with Crippen LogP contribution >= 0.6 is 0 Å². The minimum Gasteiger partial charge on any atom is -0.378 e. The number of sulfonamides is 1. The molecule has 9 heteroatoms. The van der Waals surface area contributed by atoms with Gasteiger partial charge in [0.15, 0.2) is 0 Å². The molecular weight excluding hydrogens is 404 g/mol. The summed E-state index contributed by atoms with van der Waals surface area (Å²) in [6.07, 6.45) is 0. The van der Waals surface area contributed by atoms with Gasteiger partial charge in [0.05, 0.1) is 11.4 Å². The summed E-state index contributed by atoms with van der Waals surface area (Å²) in [5.41, 5.74) is 2.51. The summed E-state index contributed by atoms with van der Waals surface area (Å²) in [5.74, 6) is -0.555. The molecule has 0 aliphatic rings. The van der Waals surface area contributed by atoms with Crippen molar-refractivity contribution in [3.63, 3.8) is 0 Å². The predicted octanol–water partition coefficient (Wildman–Crippen LogP) is 1.99. The number of nitrogens with zero attached hydrogens (tertiary/aromatic N) is 3. The van der Waals surface area contributed by atoms with Crippen LogP contribution in [0, 0.1) is 0 Å². The second kappa shape index (κ2) is 9.73. The van der Waals surface area contributed by atoms with Crippen molar-refractivity contribution >= 4 is 33.2 Å². The van der Waals surface area contributed by atoms with E-state index in [1.807, 2.05) is 43.3 Å². The van der Waals surface area contributed by atoms with E-state index in [1.165, 1.54) is 43.1 Å². The molecule has 2 aromatic rings. The number of carbonyl (C=O) groups excluding carboxylic acids is 2. The first-order chi connectivity index (χ1) is 14.0. The summed E-state index contributed by atoms with van der Waals surface area (Å²) in [6, 6.07) is 13.6. The third kappa shape index (κ3) is 6.04. The van der Waals surface area contributed by atoms with Gasteiger partial charge < -0.3 is 15.1 Å². The number of likely N-dealkylation sites (N-methyl/N-ethyl adjacent to an activating group) is 2. The van der Waals surface area contributed by atoms with Crippen molar-refractivity contribution in [2.45, 2.75) is 18.4 Å². The number of rotatable bonds is 8. The van der Waals surface area contributed by atoms with Crippen LogP contribution in [-0.2, 0) is 26.2 Å². The summed E-state index contributed by atoms with van der Waals surface area (Å²) < 4.78 is 26.5. The highest BCUT2D eigenvalue weighted by Crippen LogP contribution is 2.18. The van der Waals surface area contributed by atoms with Crippen LogP contribution < -0.4 is 10.2 Å². The Morgan fingerprint density at radius 3 is 1.97 bits per heavy atom. The molecule has 0 saturated heterocycles. The zero-order valence-corrected chi connectivity index (χ0v) is 18.7. The highest BCUT2D eigenvalue weighted by Gasteiger charge is 2.24. The van der Waals surface area contributed by atoms with Gasteiger partial charge in [-0.2, -0.15) is 4.31 Å². The van der Waals surface area contributed by atoms with E-state index in [0.29, 0.717) is 12.2 Å². The Kier molecular flexibility index (Phi) is 7.58. The van der Waals surface area contributed by atoms with Crippen LogP contribution in [0.15, 0.2) is 53.4 Å². The molecule has 1 N–H and O–H groups in total. The Bertz CT molecular complexity index is 987. The number of benzene rings is 2. The summed E-state index contributed by atoms with van der Waals surface area (Å²) in [7, 11) is 3.09. The monoisotopic (exact) mass is 432 g/mol. The van der Waals surface area contributed by atoms with Crippen molar-refractivity contribution in [1.82, 2.24) is 9.21 Å². The van der Waals surface area contributed by atoms with Gasteiger partial charge in [0.1, 0.15) is 0 Å². The lowest BCUT2D eigenvalue weighted by molar-refractivity contribution is -0.130. The molecule has 30 heavy (non-hydrogen) atoms. The topological polar surface area (TPSA) is 90.0 Å². The molecule has 0 saturated carbocycles. The molecule has 8 nitrogen and oxygen atoms in total. The number of amides is 2. The molecule has 0 heterocycles. The molecule has 0 spiro atoms. The summed E-state index contributed by atoms with van der Waals surface area (Å²) in [4.78, 5) is 27.2. The molecule has 2 aromatic carbocycles. The van der Waals surface area contributed by atoms with E-state index < -0.39 is 10.0 Å². The third-order valence-electron chi connectivity index (χ3n) is 4.54. The molecule has 162 valence electrons. The molecule has 0 bridgehead atoms. The summed E-state index contributed by atoms with van der Waals surface area (Å²) >= 11 is 0. The van der Waals surface area contributed by atoms with Crippen LogP contribution in [0.2, 0.25) is 0 Å². The maximum absolute atomic E-state index is 12.7. The quantitative estimate of drug-likeness (QED) is 0.689. The zero-order chi connectivity index (χ0) is 22.5. The number of hydrogen-bond acceptors (Lipinski definition) is 5. The van der Waals surface area contributed by atoms with E-state index in [9.17, 15) is 18.0 Å². The number of nitrogens with one attached hydrogen (secondary N) is 1. The predicted molar refractivity (Wildman–Crippen MR) is 118 cm³/mol. The van der Waals surface area contributed by atoms with Gasteiger partial charge in [-0.05, 0) is 42.0 Å². The van der Waals surface area contributed by atoms with Crippen molar-refractivity contribution in [1.29, 1.82) is 0 Å². The molecular formula is C21H28N4O4S. The van der Waals surface area contributed by atoms with Gasteiger partial charge >= 0.3 is 0 Å². The van der Waals surface area contributed by atoms with Gasteiger partial charge in [-0.25, -0.2) is 8.42 Å². The molecule has 0 radical (unpaired) electrons. The molecule has 0 aliphatic carbocycles. The van der Waals surface area contributed by atoms with Crippen molar-refractivity contribution < 1.29 is 18.0 Å². The van der Waals surface area contributed by atoms with Crippen molar-refractivity contribution in [2.24, 2.45) is 0 Å². The Balaban J connectivity index is 2.01. The van der Waals surface area contributed by atoms with Crippen LogP contribution in [0.4, 0.5) is 11.4 Å². The maximum Gasteiger partial charge on any atom is 0.243 e. The van der Waals surface area contributed by atoms with E-state index >= 15 is 0 Å². The van der Waals surface area contributed by atoms with E-state index in [0.717, 1.165) is 15.6 Å². The molecule has 0 aromatic heterocycles. The fraction of sp³-hybridized carbons (Fsp3) is 0.333. The summed E-state index contributed by atoms with van der Waals surface area (Å²) in [5, 5.41) is 2.58. The minimum absolute atomic E-state index is 0.0498. The average Bonchev–Trinajstić information content (AvgIpc) is 2.68. The van der Waals surface area contributed by atoms with Crippen LogP contribution in [0.1, 0.15) is 12.5 Å². The van der Waals surface area contributed by atoms with Crippen LogP contribution in [0.5, 0.6) is 0 Å². The van der Waals surface area contributed by atoms with Crippen molar-refractivity contribution in [2.75, 3.05) is 45.0 Å². The van der Waals surface area contributed by atoms with Crippen molar-refractivity contribution in [3.8, 4) is 0 Å². The lowest BCUT2D eigenvalue weighted by atomic mass is 10.2. The Morgan fingerprint density at radius 1 is 0.900 bits per heavy atom. The largest absolute Gasteiger partial charge is 0.378 e. The van der Waals surface area contributed by atoms with Gasteiger partial charge in [-0.3, -0.25) is 9.59 Å². The molecule has 0 atom stereocenters. The van der Waals surface area contributed by atoms with Gasteiger partial charge in [0, 0.05) is 53.0 Å². The third-order valence-corrected chi connectivity index (χ3v) is 6.36. The standard InChI is InChI=1S/C21H28N4O4S/c1-16(26)22-18-8-12-20(13-9-18)30(28,29)25(5)15-21(27)24(4)14-17-6-10-19(11-7-17)23(2)3/h6-13H,14-15H2,1-5H3,(H,22,26). The lowest BCUT2D eigenvalue weighted by Crippen LogP contribution is -2.39. The van der Waals surface area contributed by atoms with Gasteiger partial charge in [0.25, 0.3) is 0 Å². The van der Waals surface area contributed by atoms with E-state index in [4.69, 9.17) is 0 Å². The van der Waals surface area contributed by atoms with Crippen LogP contribution in [0.3, 0.4) is 0 Å². The second-order valence-electron chi connectivity index (χ2n) is 7.28. The zero-order valence-electron chi connectivity index (χ0n) is 17.9. The van der Waals surface area contributed by atoms with Gasteiger partial charge in [0.2, 0.25) is 21.8 Å². The fourth-order valence-electron chi connectivity index (χ4n) is 2.75. The number of hydrogen-bond donors (Lipinski definition) is 1. The van der Waals surface area contributed by atoms with Crippen LogP contribution in [0.25, 0.3) is 0 Å². The van der Waals surface area contributed by atoms with Crippen LogP contribution in [-0.4, -0.2) is 64.2 Å². The maximum atomic E-state index is 12.7. The number of carbonyl (C=O) groups is 2. The Morgan fingerprint density at radius 2 is 1.47 bits per heavy atom. The van der Waals surface area contributed by atoms with E-state index in [1.54, 1.807) is 7.05 Å². The molecule has 2 rings (SSSR count). The smallest absolute Gasteiger partial charge is 0.243 e. The Hall–Kier alpha value is -2.91.